The number of piperidine rings is 1. The fourth-order valence-electron chi connectivity index (χ4n) is 1.61. The fraction of sp³-hybridized carbons (Fsp3) is 0.636. The smallest absolute Gasteiger partial charge is 0.00160 e. The Morgan fingerprint density at radius 1 is 1.17 bits per heavy atom. The van der Waals surface area contributed by atoms with Gasteiger partial charge in [0.1, 0.15) is 0 Å². The summed E-state index contributed by atoms with van der Waals surface area (Å²) in [5.41, 5.74) is 0. The van der Waals surface area contributed by atoms with Crippen molar-refractivity contribution in [1.82, 2.24) is 4.90 Å². The lowest BCUT2D eigenvalue weighted by atomic mass is 10.1. The molecule has 0 unspecified atom stereocenters. The standard InChI is InChI=1S/C11H18N/c1-2-3-4-6-9-12-10-7-5-8-11-12/h1-4H,5-11H2. The lowest BCUT2D eigenvalue weighted by molar-refractivity contribution is 0.233. The number of allylic oxidation sites excluding steroid dienone is 2. The molecule has 1 saturated heterocycles. The summed E-state index contributed by atoms with van der Waals surface area (Å²) in [6.07, 6.45) is 11.0. The van der Waals surface area contributed by atoms with Crippen LogP contribution in [0.2, 0.25) is 0 Å². The first-order valence-corrected chi connectivity index (χ1v) is 4.86. The van der Waals surface area contributed by atoms with Gasteiger partial charge in [0, 0.05) is 6.54 Å². The van der Waals surface area contributed by atoms with Gasteiger partial charge in [-0.25, -0.2) is 0 Å². The zero-order valence-electron chi connectivity index (χ0n) is 7.71. The average Bonchev–Trinajstić information content (AvgIpc) is 2.14. The molecule has 1 rings (SSSR count). The van der Waals surface area contributed by atoms with Crippen LogP contribution in [0, 0.1) is 6.58 Å². The summed E-state index contributed by atoms with van der Waals surface area (Å²) in [5.74, 6) is 0. The van der Waals surface area contributed by atoms with E-state index < -0.39 is 0 Å². The van der Waals surface area contributed by atoms with Crippen LogP contribution in [0.1, 0.15) is 25.7 Å². The lowest BCUT2D eigenvalue weighted by Gasteiger charge is -2.25. The molecule has 0 spiro atoms. The van der Waals surface area contributed by atoms with Crippen molar-refractivity contribution < 1.29 is 0 Å². The Bertz CT molecular complexity index is 143. The van der Waals surface area contributed by atoms with E-state index >= 15 is 0 Å². The fourth-order valence-corrected chi connectivity index (χ4v) is 1.61. The zero-order valence-corrected chi connectivity index (χ0v) is 7.71. The Morgan fingerprint density at radius 2 is 1.92 bits per heavy atom. The van der Waals surface area contributed by atoms with Crippen molar-refractivity contribution >= 4 is 0 Å². The molecule has 1 heterocycles. The third-order valence-electron chi connectivity index (χ3n) is 2.31. The first-order valence-electron chi connectivity index (χ1n) is 4.86. The van der Waals surface area contributed by atoms with Crippen LogP contribution in [0.25, 0.3) is 0 Å². The molecule has 0 atom stereocenters. The first-order chi connectivity index (χ1) is 5.93. The van der Waals surface area contributed by atoms with Crippen LogP contribution in [0.3, 0.4) is 0 Å². The van der Waals surface area contributed by atoms with Gasteiger partial charge < -0.3 is 4.90 Å². The highest BCUT2D eigenvalue weighted by Gasteiger charge is 2.07. The Kier molecular flexibility index (Phi) is 4.77. The Labute approximate surface area is 75.8 Å². The summed E-state index contributed by atoms with van der Waals surface area (Å²) < 4.78 is 0. The van der Waals surface area contributed by atoms with Crippen LogP contribution >= 0.6 is 0 Å². The highest BCUT2D eigenvalue weighted by atomic mass is 15.1. The molecule has 0 aromatic heterocycles. The molecule has 0 aromatic carbocycles. The van der Waals surface area contributed by atoms with Crippen molar-refractivity contribution in [3.8, 4) is 0 Å². The van der Waals surface area contributed by atoms with Crippen molar-refractivity contribution in [2.45, 2.75) is 25.7 Å². The van der Waals surface area contributed by atoms with E-state index in [0.29, 0.717) is 0 Å². The predicted octanol–water partition coefficient (Wildman–Crippen LogP) is 2.41. The maximum absolute atomic E-state index is 5.22. The maximum atomic E-state index is 5.22. The number of nitrogens with zero attached hydrogens (tertiary/aromatic N) is 1. The van der Waals surface area contributed by atoms with Gasteiger partial charge in [0.25, 0.3) is 0 Å². The molecule has 1 nitrogen and oxygen atoms in total. The minimum Gasteiger partial charge on any atom is -0.303 e. The van der Waals surface area contributed by atoms with Crippen LogP contribution in [-0.4, -0.2) is 24.5 Å². The van der Waals surface area contributed by atoms with Crippen LogP contribution in [0.4, 0.5) is 0 Å². The van der Waals surface area contributed by atoms with Gasteiger partial charge in [0.15, 0.2) is 0 Å². The molecule has 0 aromatic rings. The molecule has 1 heteroatoms. The van der Waals surface area contributed by atoms with E-state index in [2.05, 4.69) is 11.0 Å². The molecule has 0 aliphatic carbocycles. The van der Waals surface area contributed by atoms with Crippen LogP contribution < -0.4 is 0 Å². The minimum atomic E-state index is 1.13. The van der Waals surface area contributed by atoms with Gasteiger partial charge in [-0.3, -0.25) is 0 Å². The van der Waals surface area contributed by atoms with Gasteiger partial charge in [0.2, 0.25) is 0 Å². The van der Waals surface area contributed by atoms with Crippen molar-refractivity contribution in [1.29, 1.82) is 0 Å². The number of likely N-dealkylation sites (tertiary alicyclic amines) is 1. The second-order valence-electron chi connectivity index (χ2n) is 3.31. The molecule has 1 aliphatic heterocycles. The van der Waals surface area contributed by atoms with Gasteiger partial charge >= 0.3 is 0 Å². The highest BCUT2D eigenvalue weighted by molar-refractivity contribution is 4.95. The number of rotatable bonds is 4. The van der Waals surface area contributed by atoms with E-state index in [1.54, 1.807) is 6.08 Å². The topological polar surface area (TPSA) is 3.24 Å². The van der Waals surface area contributed by atoms with E-state index in [1.165, 1.54) is 38.9 Å². The van der Waals surface area contributed by atoms with Crippen LogP contribution in [-0.2, 0) is 0 Å². The first kappa shape index (κ1) is 9.53. The monoisotopic (exact) mass is 164 g/mol. The predicted molar refractivity (Wildman–Crippen MR) is 52.9 cm³/mol. The minimum absolute atomic E-state index is 1.13. The van der Waals surface area contributed by atoms with Gasteiger partial charge in [-0.2, -0.15) is 0 Å². The maximum Gasteiger partial charge on any atom is 0.00160 e. The van der Waals surface area contributed by atoms with Crippen molar-refractivity contribution in [3.05, 3.63) is 24.8 Å². The van der Waals surface area contributed by atoms with Crippen molar-refractivity contribution in [3.63, 3.8) is 0 Å². The highest BCUT2D eigenvalue weighted by Crippen LogP contribution is 2.08. The summed E-state index contributed by atoms with van der Waals surface area (Å²) in [7, 11) is 0. The third-order valence-corrected chi connectivity index (χ3v) is 2.31. The summed E-state index contributed by atoms with van der Waals surface area (Å²) >= 11 is 0. The van der Waals surface area contributed by atoms with Crippen molar-refractivity contribution in [2.24, 2.45) is 0 Å². The number of hydrogen-bond acceptors (Lipinski definition) is 1. The van der Waals surface area contributed by atoms with Crippen LogP contribution in [0.15, 0.2) is 18.2 Å². The Morgan fingerprint density at radius 3 is 2.58 bits per heavy atom. The largest absolute Gasteiger partial charge is 0.303 e. The van der Waals surface area contributed by atoms with E-state index in [1.807, 2.05) is 6.08 Å². The summed E-state index contributed by atoms with van der Waals surface area (Å²) in [6.45, 7) is 9.00. The Hall–Kier alpha value is -0.560. The molecular formula is C11H18N. The third kappa shape index (κ3) is 3.72. The quantitative estimate of drug-likeness (QED) is 0.577. The molecule has 67 valence electrons. The molecule has 0 saturated carbocycles. The van der Waals surface area contributed by atoms with Gasteiger partial charge in [-0.15, -0.1) is 0 Å². The summed E-state index contributed by atoms with van der Waals surface area (Å²) in [4.78, 5) is 2.53. The lowest BCUT2D eigenvalue weighted by Crippen LogP contribution is -2.30. The van der Waals surface area contributed by atoms with E-state index in [-0.39, 0.29) is 0 Å². The average molecular weight is 164 g/mol. The molecular weight excluding hydrogens is 146 g/mol. The molecule has 1 fully saturated rings. The number of hydrogen-bond donors (Lipinski definition) is 0. The SMILES string of the molecule is [CH]=CC=CCCN1CCCCC1. The molecule has 0 bridgehead atoms. The normalized spacial score (nSPS) is 20.0. The van der Waals surface area contributed by atoms with E-state index in [4.69, 9.17) is 6.58 Å². The molecule has 12 heavy (non-hydrogen) atoms. The molecule has 1 aliphatic rings. The molecule has 1 radical (unpaired) electrons. The molecule has 0 amide bonds. The zero-order chi connectivity index (χ0) is 8.65. The van der Waals surface area contributed by atoms with Crippen molar-refractivity contribution in [2.75, 3.05) is 19.6 Å². The van der Waals surface area contributed by atoms with E-state index in [0.717, 1.165) is 6.42 Å². The summed E-state index contributed by atoms with van der Waals surface area (Å²) in [5, 5.41) is 0. The van der Waals surface area contributed by atoms with Gasteiger partial charge in [-0.1, -0.05) is 31.2 Å². The van der Waals surface area contributed by atoms with Gasteiger partial charge in [-0.05, 0) is 32.4 Å². The second kappa shape index (κ2) is 6.01. The summed E-state index contributed by atoms with van der Waals surface area (Å²) in [6, 6.07) is 0. The Balaban J connectivity index is 2.05. The second-order valence-corrected chi connectivity index (χ2v) is 3.31. The molecule has 0 N–H and O–H groups in total. The van der Waals surface area contributed by atoms with Crippen LogP contribution in [0.5, 0.6) is 0 Å². The van der Waals surface area contributed by atoms with Gasteiger partial charge in [0.05, 0.1) is 0 Å². The van der Waals surface area contributed by atoms with E-state index in [9.17, 15) is 0 Å².